The van der Waals surface area contributed by atoms with Crippen LogP contribution >= 0.6 is 0 Å². The van der Waals surface area contributed by atoms with Crippen molar-refractivity contribution in [2.45, 2.75) is 19.1 Å². The lowest BCUT2D eigenvalue weighted by atomic mass is 10.0. The van der Waals surface area contributed by atoms with E-state index in [1.807, 2.05) is 0 Å². The van der Waals surface area contributed by atoms with E-state index in [0.717, 1.165) is 12.1 Å². The summed E-state index contributed by atoms with van der Waals surface area (Å²) in [4.78, 5) is 0. The summed E-state index contributed by atoms with van der Waals surface area (Å²) in [6.45, 7) is 1.38. The Kier molecular flexibility index (Phi) is 2.80. The van der Waals surface area contributed by atoms with Gasteiger partial charge < -0.3 is 5.73 Å². The quantitative estimate of drug-likeness (QED) is 0.704. The molecule has 14 heavy (non-hydrogen) atoms. The maximum Gasteiger partial charge on any atom is 0.416 e. The van der Waals surface area contributed by atoms with E-state index >= 15 is 0 Å². The van der Waals surface area contributed by atoms with E-state index in [9.17, 15) is 17.6 Å². The molecule has 0 aromatic heterocycles. The van der Waals surface area contributed by atoms with Crippen molar-refractivity contribution in [1.82, 2.24) is 0 Å². The van der Waals surface area contributed by atoms with Crippen molar-refractivity contribution in [2.24, 2.45) is 5.73 Å². The fourth-order valence-electron chi connectivity index (χ4n) is 1.17. The summed E-state index contributed by atoms with van der Waals surface area (Å²) < 4.78 is 49.8. The van der Waals surface area contributed by atoms with Crippen molar-refractivity contribution in [3.05, 3.63) is 35.1 Å². The first-order valence-corrected chi connectivity index (χ1v) is 3.94. The molecule has 1 aromatic rings. The average molecular weight is 207 g/mol. The van der Waals surface area contributed by atoms with Crippen LogP contribution in [0.15, 0.2) is 18.2 Å². The smallest absolute Gasteiger partial charge is 0.324 e. The van der Waals surface area contributed by atoms with Crippen molar-refractivity contribution in [2.75, 3.05) is 0 Å². The lowest BCUT2D eigenvalue weighted by Crippen LogP contribution is -2.15. The van der Waals surface area contributed by atoms with Crippen LogP contribution in [0.25, 0.3) is 0 Å². The van der Waals surface area contributed by atoms with Crippen LogP contribution in [0.3, 0.4) is 0 Å². The molecule has 0 saturated heterocycles. The van der Waals surface area contributed by atoms with E-state index in [4.69, 9.17) is 5.73 Å². The minimum Gasteiger partial charge on any atom is -0.324 e. The molecule has 5 heteroatoms. The molecule has 1 aromatic carbocycles. The number of hydrogen-bond donors (Lipinski definition) is 1. The number of nitrogens with two attached hydrogens (primary N) is 1. The second kappa shape index (κ2) is 3.57. The van der Waals surface area contributed by atoms with Gasteiger partial charge in [0.25, 0.3) is 0 Å². The maximum atomic E-state index is 12.7. The predicted octanol–water partition coefficient (Wildman–Crippen LogP) is 2.86. The minimum atomic E-state index is -4.49. The minimum absolute atomic E-state index is 0.225. The molecular weight excluding hydrogens is 198 g/mol. The van der Waals surface area contributed by atoms with Gasteiger partial charge in [0.05, 0.1) is 5.56 Å². The van der Waals surface area contributed by atoms with Gasteiger partial charge in [0.2, 0.25) is 0 Å². The Morgan fingerprint density at radius 1 is 1.29 bits per heavy atom. The Hall–Kier alpha value is -1.10. The molecule has 78 valence electrons. The zero-order valence-corrected chi connectivity index (χ0v) is 7.40. The Morgan fingerprint density at radius 2 is 1.86 bits per heavy atom. The van der Waals surface area contributed by atoms with E-state index in [1.165, 1.54) is 6.92 Å². The van der Waals surface area contributed by atoms with Crippen LogP contribution < -0.4 is 5.73 Å². The summed E-state index contributed by atoms with van der Waals surface area (Å²) in [5.41, 5.74) is 4.21. The predicted molar refractivity (Wildman–Crippen MR) is 44.0 cm³/mol. The molecule has 0 amide bonds. The molecule has 0 unspecified atom stereocenters. The molecule has 0 spiro atoms. The lowest BCUT2D eigenvalue weighted by molar-refractivity contribution is -0.138. The molecule has 1 rings (SSSR count). The maximum absolute atomic E-state index is 12.7. The monoisotopic (exact) mass is 207 g/mol. The van der Waals surface area contributed by atoms with Gasteiger partial charge in [-0.05, 0) is 30.7 Å². The summed E-state index contributed by atoms with van der Waals surface area (Å²) in [5, 5.41) is 0. The zero-order valence-electron chi connectivity index (χ0n) is 7.40. The molecule has 0 aliphatic heterocycles. The molecule has 1 atom stereocenters. The molecule has 0 saturated carbocycles. The van der Waals surface area contributed by atoms with Crippen molar-refractivity contribution >= 4 is 0 Å². The summed E-state index contributed by atoms with van der Waals surface area (Å²) in [5.74, 6) is -0.717. The Labute approximate surface area is 78.5 Å². The molecule has 0 radical (unpaired) electrons. The number of alkyl halides is 3. The van der Waals surface area contributed by atoms with E-state index in [0.29, 0.717) is 6.07 Å². The molecular formula is C9H9F4N. The van der Waals surface area contributed by atoms with Crippen molar-refractivity contribution in [3.63, 3.8) is 0 Å². The van der Waals surface area contributed by atoms with Crippen LogP contribution in [0, 0.1) is 5.82 Å². The fourth-order valence-corrected chi connectivity index (χ4v) is 1.17. The molecule has 2 N–H and O–H groups in total. The van der Waals surface area contributed by atoms with Crippen LogP contribution in [0.5, 0.6) is 0 Å². The standard InChI is InChI=1S/C9H9F4N/c1-5(14)7-4-6(10)2-3-8(7)9(11,12)13/h2-5H,14H2,1H3/t5-/m1/s1. The van der Waals surface area contributed by atoms with Crippen molar-refractivity contribution in [3.8, 4) is 0 Å². The van der Waals surface area contributed by atoms with Gasteiger partial charge in [-0.15, -0.1) is 0 Å². The van der Waals surface area contributed by atoms with Gasteiger partial charge >= 0.3 is 6.18 Å². The third kappa shape index (κ3) is 2.23. The van der Waals surface area contributed by atoms with Crippen molar-refractivity contribution in [1.29, 1.82) is 0 Å². The number of hydrogen-bond acceptors (Lipinski definition) is 1. The Morgan fingerprint density at radius 3 is 2.29 bits per heavy atom. The highest BCUT2D eigenvalue weighted by Gasteiger charge is 2.34. The molecule has 0 bridgehead atoms. The molecule has 1 nitrogen and oxygen atoms in total. The summed E-state index contributed by atoms with van der Waals surface area (Å²) in [7, 11) is 0. The highest BCUT2D eigenvalue weighted by Crippen LogP contribution is 2.34. The SMILES string of the molecule is C[C@@H](N)c1cc(F)ccc1C(F)(F)F. The Bertz CT molecular complexity index is 330. The topological polar surface area (TPSA) is 26.0 Å². The summed E-state index contributed by atoms with van der Waals surface area (Å²) in [6, 6.07) is 1.44. The Balaban J connectivity index is 3.29. The van der Waals surface area contributed by atoms with Gasteiger partial charge in [-0.25, -0.2) is 4.39 Å². The van der Waals surface area contributed by atoms with Crippen LogP contribution in [-0.2, 0) is 6.18 Å². The second-order valence-corrected chi connectivity index (χ2v) is 3.02. The molecule has 0 fully saturated rings. The molecule has 0 aliphatic carbocycles. The van der Waals surface area contributed by atoms with Crippen molar-refractivity contribution < 1.29 is 17.6 Å². The summed E-state index contributed by atoms with van der Waals surface area (Å²) in [6.07, 6.45) is -4.49. The largest absolute Gasteiger partial charge is 0.416 e. The number of halogens is 4. The number of benzene rings is 1. The first kappa shape index (κ1) is 11.0. The third-order valence-corrected chi connectivity index (χ3v) is 1.81. The second-order valence-electron chi connectivity index (χ2n) is 3.02. The normalized spacial score (nSPS) is 14.1. The average Bonchev–Trinajstić information content (AvgIpc) is 2.01. The van der Waals surface area contributed by atoms with E-state index in [2.05, 4.69) is 0 Å². The van der Waals surface area contributed by atoms with Gasteiger partial charge in [-0.1, -0.05) is 0 Å². The highest BCUT2D eigenvalue weighted by atomic mass is 19.4. The molecule has 0 heterocycles. The van der Waals surface area contributed by atoms with E-state index in [1.54, 1.807) is 0 Å². The third-order valence-electron chi connectivity index (χ3n) is 1.81. The summed E-state index contributed by atoms with van der Waals surface area (Å²) >= 11 is 0. The lowest BCUT2D eigenvalue weighted by Gasteiger charge is -2.15. The van der Waals surface area contributed by atoms with Gasteiger partial charge in [0.1, 0.15) is 5.82 Å². The van der Waals surface area contributed by atoms with Gasteiger partial charge in [-0.2, -0.15) is 13.2 Å². The zero-order chi connectivity index (χ0) is 10.9. The van der Waals surface area contributed by atoms with Crippen LogP contribution in [0.2, 0.25) is 0 Å². The first-order chi connectivity index (χ1) is 6.32. The highest BCUT2D eigenvalue weighted by molar-refractivity contribution is 5.32. The fraction of sp³-hybridized carbons (Fsp3) is 0.333. The first-order valence-electron chi connectivity index (χ1n) is 3.94. The van der Waals surface area contributed by atoms with Crippen LogP contribution in [0.1, 0.15) is 24.1 Å². The number of rotatable bonds is 1. The van der Waals surface area contributed by atoms with Gasteiger partial charge in [-0.3, -0.25) is 0 Å². The van der Waals surface area contributed by atoms with Gasteiger partial charge in [0.15, 0.2) is 0 Å². The van der Waals surface area contributed by atoms with E-state index in [-0.39, 0.29) is 5.56 Å². The van der Waals surface area contributed by atoms with E-state index < -0.39 is 23.6 Å². The van der Waals surface area contributed by atoms with Crippen LogP contribution in [-0.4, -0.2) is 0 Å². The van der Waals surface area contributed by atoms with Gasteiger partial charge in [0, 0.05) is 6.04 Å². The molecule has 0 aliphatic rings. The van der Waals surface area contributed by atoms with Crippen LogP contribution in [0.4, 0.5) is 17.6 Å².